The number of hydrogen-bond acceptors (Lipinski definition) is 10. The molecule has 334 valence electrons. The Balaban J connectivity index is 0.977. The van der Waals surface area contributed by atoms with Crippen molar-refractivity contribution in [1.82, 2.24) is 0 Å². The molecule has 0 bridgehead atoms. The fourth-order valence-corrected chi connectivity index (χ4v) is 6.86. The van der Waals surface area contributed by atoms with Gasteiger partial charge in [0.15, 0.2) is 0 Å². The molecule has 64 heavy (non-hydrogen) atoms. The number of carbonyl (C=O) groups excluding carboxylic acids is 4. The largest absolute Gasteiger partial charge is 0.494 e. The number of nitrogens with zero attached hydrogens (tertiary/aromatic N) is 1. The van der Waals surface area contributed by atoms with E-state index in [4.69, 9.17) is 28.9 Å². The molecule has 0 aliphatic heterocycles. The third-order valence-electron chi connectivity index (χ3n) is 10.5. The molecule has 5 aromatic rings. The van der Waals surface area contributed by atoms with Gasteiger partial charge in [0.2, 0.25) is 0 Å². The van der Waals surface area contributed by atoms with Crippen molar-refractivity contribution in [2.45, 2.75) is 110 Å². The highest BCUT2D eigenvalue weighted by Crippen LogP contribution is 2.24. The van der Waals surface area contributed by atoms with Crippen LogP contribution in [0.2, 0.25) is 0 Å². The molecule has 0 amide bonds. The monoisotopic (exact) mass is 869 g/mol. The van der Waals surface area contributed by atoms with Gasteiger partial charge in [0.05, 0.1) is 40.5 Å². The number of halogens is 1. The summed E-state index contributed by atoms with van der Waals surface area (Å²) in [6.45, 7) is 2.86. The minimum absolute atomic E-state index is 0.0346. The Morgan fingerprint density at radius 3 is 1.39 bits per heavy atom. The Kier molecular flexibility index (Phi) is 20.1. The Hall–Kier alpha value is -6.80. The van der Waals surface area contributed by atoms with E-state index in [1.54, 1.807) is 24.3 Å². The number of carbonyl (C=O) groups is 4. The lowest BCUT2D eigenvalue weighted by atomic mass is 10.0. The number of hydrogen-bond donors (Lipinski definition) is 0. The zero-order valence-electron chi connectivity index (χ0n) is 36.5. The summed E-state index contributed by atoms with van der Waals surface area (Å²) in [5, 5.41) is 8.92. The van der Waals surface area contributed by atoms with Crippen molar-refractivity contribution in [3.8, 4) is 34.8 Å². The molecule has 0 radical (unpaired) electrons. The predicted octanol–water partition coefficient (Wildman–Crippen LogP) is 13.2. The van der Waals surface area contributed by atoms with Gasteiger partial charge in [-0.05, 0) is 110 Å². The van der Waals surface area contributed by atoms with Gasteiger partial charge in [-0.3, -0.25) is 0 Å². The van der Waals surface area contributed by atoms with Crippen LogP contribution in [-0.2, 0) is 0 Å². The van der Waals surface area contributed by atoms with Crippen molar-refractivity contribution in [3.05, 3.63) is 149 Å². The number of ether oxygens (including phenoxy) is 5. The van der Waals surface area contributed by atoms with Crippen LogP contribution in [0.15, 0.2) is 115 Å². The summed E-state index contributed by atoms with van der Waals surface area (Å²) in [5.41, 5.74) is 0.482. The Morgan fingerprint density at radius 2 is 0.875 bits per heavy atom. The third-order valence-corrected chi connectivity index (χ3v) is 10.5. The molecule has 0 fully saturated rings. The maximum absolute atomic E-state index is 15.1. The topological polar surface area (TPSA) is 138 Å². The second-order valence-corrected chi connectivity index (χ2v) is 15.6. The minimum Gasteiger partial charge on any atom is -0.494 e. The van der Waals surface area contributed by atoms with Crippen LogP contribution >= 0.6 is 0 Å². The van der Waals surface area contributed by atoms with Gasteiger partial charge < -0.3 is 23.7 Å². The van der Waals surface area contributed by atoms with E-state index in [1.165, 1.54) is 169 Å². The minimum atomic E-state index is -1.04. The summed E-state index contributed by atoms with van der Waals surface area (Å²) in [6, 6.07) is 29.1. The molecule has 0 saturated carbocycles. The molecular weight excluding hydrogens is 814 g/mol. The van der Waals surface area contributed by atoms with E-state index < -0.39 is 35.3 Å². The first kappa shape index (κ1) is 48.2. The zero-order valence-corrected chi connectivity index (χ0v) is 36.5. The van der Waals surface area contributed by atoms with Crippen LogP contribution in [0.3, 0.4) is 0 Å². The van der Waals surface area contributed by atoms with Gasteiger partial charge in [0.1, 0.15) is 34.6 Å². The molecule has 11 heteroatoms. The Labute approximate surface area is 375 Å². The van der Waals surface area contributed by atoms with Crippen molar-refractivity contribution in [2.24, 2.45) is 0 Å². The maximum atomic E-state index is 15.1. The van der Waals surface area contributed by atoms with Crippen LogP contribution in [0.5, 0.6) is 28.7 Å². The van der Waals surface area contributed by atoms with Gasteiger partial charge in [0, 0.05) is 6.07 Å². The third kappa shape index (κ3) is 16.5. The average Bonchev–Trinajstić information content (AvgIpc) is 3.30. The van der Waals surface area contributed by atoms with Crippen LogP contribution in [0.1, 0.15) is 157 Å². The lowest BCUT2D eigenvalue weighted by Crippen LogP contribution is -2.13. The molecule has 5 rings (SSSR count). The molecule has 5 aromatic carbocycles. The average molecular weight is 870 g/mol. The van der Waals surface area contributed by atoms with Crippen molar-refractivity contribution in [1.29, 1.82) is 5.26 Å². The fraction of sp³-hybridized carbons (Fsp3) is 0.340. The molecule has 10 nitrogen and oxygen atoms in total. The van der Waals surface area contributed by atoms with E-state index in [-0.39, 0.29) is 39.7 Å². The first-order valence-electron chi connectivity index (χ1n) is 22.3. The number of nitriles is 1. The number of benzene rings is 5. The molecule has 0 heterocycles. The van der Waals surface area contributed by atoms with Gasteiger partial charge in [-0.25, -0.2) is 23.6 Å². The van der Waals surface area contributed by atoms with Gasteiger partial charge in [0.25, 0.3) is 0 Å². The quantitative estimate of drug-likeness (QED) is 0.0300. The van der Waals surface area contributed by atoms with Gasteiger partial charge in [-0.15, -0.1) is 0 Å². The molecule has 0 aliphatic carbocycles. The van der Waals surface area contributed by atoms with E-state index in [9.17, 15) is 19.2 Å². The number of unbranched alkanes of at least 4 members (excludes halogenated alkanes) is 15. The van der Waals surface area contributed by atoms with Crippen LogP contribution in [0, 0.1) is 17.1 Å². The van der Waals surface area contributed by atoms with E-state index in [1.807, 2.05) is 6.07 Å². The summed E-state index contributed by atoms with van der Waals surface area (Å²) in [4.78, 5) is 51.1. The second kappa shape index (κ2) is 26.6. The Bertz CT molecular complexity index is 2300. The SMILES string of the molecule is CCCCCCCCCCCCCCCCCCOc1ccc(C(=O)Oc2ccc(C(=O)Oc3cccc(C(=O)Oc4ccc(C(=O)Oc5ccc(C#N)cc5)cc4)c3)c(F)c2)cc1. The molecule has 0 atom stereocenters. The molecule has 0 aliphatic rings. The summed E-state index contributed by atoms with van der Waals surface area (Å²) in [7, 11) is 0. The van der Waals surface area contributed by atoms with Crippen molar-refractivity contribution >= 4 is 23.9 Å². The number of rotatable bonds is 26. The van der Waals surface area contributed by atoms with Crippen LogP contribution in [-0.4, -0.2) is 30.5 Å². The highest BCUT2D eigenvalue weighted by molar-refractivity contribution is 5.95. The highest BCUT2D eigenvalue weighted by Gasteiger charge is 2.19. The lowest BCUT2D eigenvalue weighted by Gasteiger charge is -2.10. The molecular formula is C53H56FNO9. The van der Waals surface area contributed by atoms with E-state index in [0.29, 0.717) is 17.9 Å². The standard InChI is InChI=1S/C53H56FNO9/c1-2-3-4-5-6-7-8-9-10-11-12-13-14-15-16-17-35-60-43-29-23-40(24-30-43)51(57)63-47-33-34-48(49(54)37-47)53(59)64-46-20-18-19-42(36-46)52(58)62-45-31-25-41(26-32-45)50(56)61-44-27-21-39(38-55)22-28-44/h18-34,36-37H,2-17,35H2,1H3. The van der Waals surface area contributed by atoms with Crippen molar-refractivity contribution < 1.29 is 47.3 Å². The van der Waals surface area contributed by atoms with Crippen LogP contribution < -0.4 is 23.7 Å². The molecule has 0 unspecified atom stereocenters. The van der Waals surface area contributed by atoms with Gasteiger partial charge in [-0.1, -0.05) is 109 Å². The van der Waals surface area contributed by atoms with Crippen LogP contribution in [0.25, 0.3) is 0 Å². The Morgan fingerprint density at radius 1 is 0.453 bits per heavy atom. The molecule has 0 N–H and O–H groups in total. The molecule has 0 spiro atoms. The fourth-order valence-electron chi connectivity index (χ4n) is 6.86. The van der Waals surface area contributed by atoms with E-state index >= 15 is 4.39 Å². The van der Waals surface area contributed by atoms with Crippen LogP contribution in [0.4, 0.5) is 4.39 Å². The van der Waals surface area contributed by atoms with Gasteiger partial charge in [-0.2, -0.15) is 5.26 Å². The zero-order chi connectivity index (χ0) is 45.4. The highest BCUT2D eigenvalue weighted by atomic mass is 19.1. The van der Waals surface area contributed by atoms with E-state index in [0.717, 1.165) is 25.0 Å². The normalized spacial score (nSPS) is 10.7. The second-order valence-electron chi connectivity index (χ2n) is 15.6. The maximum Gasteiger partial charge on any atom is 0.346 e. The van der Waals surface area contributed by atoms with Gasteiger partial charge >= 0.3 is 23.9 Å². The number of esters is 4. The summed E-state index contributed by atoms with van der Waals surface area (Å²) in [6.07, 6.45) is 20.9. The van der Waals surface area contributed by atoms with Crippen molar-refractivity contribution in [3.63, 3.8) is 0 Å². The lowest BCUT2D eigenvalue weighted by molar-refractivity contribution is 0.0709. The summed E-state index contributed by atoms with van der Waals surface area (Å²) < 4.78 is 42.4. The molecule has 0 saturated heterocycles. The smallest absolute Gasteiger partial charge is 0.346 e. The van der Waals surface area contributed by atoms with E-state index in [2.05, 4.69) is 6.92 Å². The predicted molar refractivity (Wildman–Crippen MR) is 242 cm³/mol. The first-order valence-corrected chi connectivity index (χ1v) is 22.3. The summed E-state index contributed by atoms with van der Waals surface area (Å²) >= 11 is 0. The summed E-state index contributed by atoms with van der Waals surface area (Å²) in [5.74, 6) is -3.28. The molecule has 0 aromatic heterocycles. The first-order chi connectivity index (χ1) is 31.2. The van der Waals surface area contributed by atoms with Crippen molar-refractivity contribution in [2.75, 3.05) is 6.61 Å².